The van der Waals surface area contributed by atoms with Gasteiger partial charge in [0.1, 0.15) is 5.01 Å². The van der Waals surface area contributed by atoms with Gasteiger partial charge >= 0.3 is 5.97 Å². The molecule has 0 fully saturated rings. The fourth-order valence-electron chi connectivity index (χ4n) is 1.10. The fraction of sp³-hybridized carbons (Fsp3) is 0.667. The van der Waals surface area contributed by atoms with E-state index in [0.717, 1.165) is 23.1 Å². The summed E-state index contributed by atoms with van der Waals surface area (Å²) in [5.41, 5.74) is 0. The molecule has 0 saturated carbocycles. The molecule has 84 valence electrons. The van der Waals surface area contributed by atoms with E-state index in [1.807, 2.05) is 6.92 Å². The number of aryl methyl sites for hydroxylation is 1. The summed E-state index contributed by atoms with van der Waals surface area (Å²) in [4.78, 5) is 10.5. The first-order valence-corrected chi connectivity index (χ1v) is 5.68. The normalized spacial score (nSPS) is 12.4. The second-order valence-corrected chi connectivity index (χ2v) is 4.62. The number of carbonyl (C=O) groups is 1. The molecule has 1 heterocycles. The summed E-state index contributed by atoms with van der Waals surface area (Å²) in [5.74, 6) is -1.01. The Morgan fingerprint density at radius 3 is 2.87 bits per heavy atom. The number of nitrogens with one attached hydrogen (secondary N) is 1. The largest absolute Gasteiger partial charge is 0.481 e. The third-order valence-corrected chi connectivity index (χ3v) is 2.83. The van der Waals surface area contributed by atoms with Crippen LogP contribution in [0.5, 0.6) is 0 Å². The first-order valence-electron chi connectivity index (χ1n) is 4.86. The number of carboxylic acid groups (broad SMARTS) is 1. The third kappa shape index (κ3) is 4.24. The van der Waals surface area contributed by atoms with Crippen LogP contribution in [0.15, 0.2) is 0 Å². The highest BCUT2D eigenvalue weighted by atomic mass is 32.1. The van der Waals surface area contributed by atoms with Crippen LogP contribution < -0.4 is 5.32 Å². The van der Waals surface area contributed by atoms with Crippen LogP contribution in [0.2, 0.25) is 0 Å². The van der Waals surface area contributed by atoms with Gasteiger partial charge < -0.3 is 10.4 Å². The molecule has 1 unspecified atom stereocenters. The van der Waals surface area contributed by atoms with E-state index in [0.29, 0.717) is 6.42 Å². The molecule has 0 saturated heterocycles. The quantitative estimate of drug-likeness (QED) is 0.727. The van der Waals surface area contributed by atoms with Crippen LogP contribution in [0, 0.1) is 12.8 Å². The Morgan fingerprint density at radius 2 is 2.33 bits per heavy atom. The highest BCUT2D eigenvalue weighted by Gasteiger charge is 2.09. The molecule has 0 radical (unpaired) electrons. The van der Waals surface area contributed by atoms with Gasteiger partial charge in [0.2, 0.25) is 5.13 Å². The number of nitrogens with zero attached hydrogens (tertiary/aromatic N) is 2. The van der Waals surface area contributed by atoms with E-state index in [1.54, 1.807) is 6.92 Å². The molecular formula is C9H15N3O2S. The maximum absolute atomic E-state index is 10.5. The molecule has 1 aromatic rings. The predicted octanol–water partition coefficient (Wildman–Crippen LogP) is 1.76. The fourth-order valence-corrected chi connectivity index (χ4v) is 1.71. The summed E-state index contributed by atoms with van der Waals surface area (Å²) < 4.78 is 0. The molecule has 0 aliphatic heterocycles. The van der Waals surface area contributed by atoms with Crippen molar-refractivity contribution in [3.63, 3.8) is 0 Å². The number of aliphatic carboxylic acids is 1. The summed E-state index contributed by atoms with van der Waals surface area (Å²) in [6.07, 6.45) is 1.51. The highest BCUT2D eigenvalue weighted by molar-refractivity contribution is 7.15. The van der Waals surface area contributed by atoms with Crippen LogP contribution in [0.4, 0.5) is 5.13 Å². The summed E-state index contributed by atoms with van der Waals surface area (Å²) in [6.45, 7) is 4.36. The van der Waals surface area contributed by atoms with Crippen molar-refractivity contribution < 1.29 is 9.90 Å². The minimum Gasteiger partial charge on any atom is -0.481 e. The molecule has 0 aliphatic carbocycles. The van der Waals surface area contributed by atoms with Crippen molar-refractivity contribution in [2.45, 2.75) is 26.7 Å². The monoisotopic (exact) mass is 229 g/mol. The molecule has 0 bridgehead atoms. The van der Waals surface area contributed by atoms with E-state index in [9.17, 15) is 4.79 Å². The molecular weight excluding hydrogens is 214 g/mol. The zero-order valence-corrected chi connectivity index (χ0v) is 9.67. The van der Waals surface area contributed by atoms with Gasteiger partial charge in [0.05, 0.1) is 5.92 Å². The van der Waals surface area contributed by atoms with Crippen molar-refractivity contribution in [1.82, 2.24) is 10.2 Å². The van der Waals surface area contributed by atoms with Gasteiger partial charge in [-0.15, -0.1) is 10.2 Å². The second kappa shape index (κ2) is 5.65. The van der Waals surface area contributed by atoms with E-state index >= 15 is 0 Å². The third-order valence-electron chi connectivity index (χ3n) is 2.04. The maximum atomic E-state index is 10.5. The van der Waals surface area contributed by atoms with Crippen LogP contribution in [0.3, 0.4) is 0 Å². The number of anilines is 1. The van der Waals surface area contributed by atoms with Crippen LogP contribution in [-0.2, 0) is 4.79 Å². The Bertz CT molecular complexity index is 327. The summed E-state index contributed by atoms with van der Waals surface area (Å²) in [7, 11) is 0. The highest BCUT2D eigenvalue weighted by Crippen LogP contribution is 2.14. The van der Waals surface area contributed by atoms with E-state index in [1.165, 1.54) is 11.3 Å². The molecule has 0 spiro atoms. The Kier molecular flexibility index (Phi) is 4.48. The number of hydrogen-bond acceptors (Lipinski definition) is 5. The first kappa shape index (κ1) is 11.9. The zero-order valence-electron chi connectivity index (χ0n) is 8.86. The maximum Gasteiger partial charge on any atom is 0.306 e. The molecule has 0 aromatic carbocycles. The number of rotatable bonds is 6. The number of carboxylic acids is 1. The number of aromatic nitrogens is 2. The van der Waals surface area contributed by atoms with Gasteiger partial charge in [0.15, 0.2) is 0 Å². The minimum atomic E-state index is -0.734. The van der Waals surface area contributed by atoms with Gasteiger partial charge in [-0.25, -0.2) is 0 Å². The SMILES string of the molecule is Cc1nnc(NCCCC(C)C(=O)O)s1. The molecule has 5 nitrogen and oxygen atoms in total. The van der Waals surface area contributed by atoms with Gasteiger partial charge in [0.25, 0.3) is 0 Å². The lowest BCUT2D eigenvalue weighted by atomic mass is 10.1. The van der Waals surface area contributed by atoms with Gasteiger partial charge in [-0.3, -0.25) is 4.79 Å². The van der Waals surface area contributed by atoms with Crippen LogP contribution >= 0.6 is 11.3 Å². The molecule has 0 amide bonds. The number of hydrogen-bond donors (Lipinski definition) is 2. The van der Waals surface area contributed by atoms with Gasteiger partial charge in [-0.05, 0) is 19.8 Å². The average molecular weight is 229 g/mol. The van der Waals surface area contributed by atoms with Crippen molar-refractivity contribution in [3.8, 4) is 0 Å². The van der Waals surface area contributed by atoms with Gasteiger partial charge in [0, 0.05) is 6.54 Å². The molecule has 6 heteroatoms. The molecule has 1 aromatic heterocycles. The van der Waals surface area contributed by atoms with Crippen molar-refractivity contribution in [1.29, 1.82) is 0 Å². The molecule has 2 N–H and O–H groups in total. The average Bonchev–Trinajstić information content (AvgIpc) is 2.58. The Hall–Kier alpha value is -1.17. The second-order valence-electron chi connectivity index (χ2n) is 3.43. The summed E-state index contributed by atoms with van der Waals surface area (Å²) in [6, 6.07) is 0. The smallest absolute Gasteiger partial charge is 0.306 e. The molecule has 1 rings (SSSR count). The van der Waals surface area contributed by atoms with E-state index in [2.05, 4.69) is 15.5 Å². The lowest BCUT2D eigenvalue weighted by Crippen LogP contribution is -2.11. The summed E-state index contributed by atoms with van der Waals surface area (Å²) in [5, 5.41) is 21.3. The predicted molar refractivity (Wildman–Crippen MR) is 59.2 cm³/mol. The van der Waals surface area contributed by atoms with E-state index < -0.39 is 5.97 Å². The van der Waals surface area contributed by atoms with E-state index in [-0.39, 0.29) is 5.92 Å². The van der Waals surface area contributed by atoms with Crippen molar-refractivity contribution in [2.75, 3.05) is 11.9 Å². The van der Waals surface area contributed by atoms with Crippen LogP contribution in [-0.4, -0.2) is 27.8 Å². The Labute approximate surface area is 92.5 Å². The van der Waals surface area contributed by atoms with Crippen molar-refractivity contribution in [2.24, 2.45) is 5.92 Å². The standard InChI is InChI=1S/C9H15N3O2S/c1-6(8(13)14)4-3-5-10-9-12-11-7(2)15-9/h6H,3-5H2,1-2H3,(H,10,12)(H,13,14). The Balaban J connectivity index is 2.14. The molecule has 1 atom stereocenters. The minimum absolute atomic E-state index is 0.275. The van der Waals surface area contributed by atoms with Crippen LogP contribution in [0.1, 0.15) is 24.8 Å². The lowest BCUT2D eigenvalue weighted by Gasteiger charge is -2.05. The van der Waals surface area contributed by atoms with Crippen molar-refractivity contribution in [3.05, 3.63) is 5.01 Å². The lowest BCUT2D eigenvalue weighted by molar-refractivity contribution is -0.141. The molecule has 0 aliphatic rings. The van der Waals surface area contributed by atoms with Crippen molar-refractivity contribution >= 4 is 22.4 Å². The zero-order chi connectivity index (χ0) is 11.3. The van der Waals surface area contributed by atoms with E-state index in [4.69, 9.17) is 5.11 Å². The summed E-state index contributed by atoms with van der Waals surface area (Å²) >= 11 is 1.50. The Morgan fingerprint density at radius 1 is 1.60 bits per heavy atom. The first-order chi connectivity index (χ1) is 7.09. The van der Waals surface area contributed by atoms with Gasteiger partial charge in [-0.2, -0.15) is 0 Å². The van der Waals surface area contributed by atoms with Gasteiger partial charge in [-0.1, -0.05) is 18.3 Å². The molecule has 15 heavy (non-hydrogen) atoms. The van der Waals surface area contributed by atoms with Crippen LogP contribution in [0.25, 0.3) is 0 Å². The topological polar surface area (TPSA) is 75.1 Å².